The Kier molecular flexibility index (Phi) is 4.01. The Balaban J connectivity index is 2.09. The van der Waals surface area contributed by atoms with E-state index in [1.54, 1.807) is 24.5 Å². The van der Waals surface area contributed by atoms with E-state index in [0.717, 1.165) is 12.0 Å². The number of hydrogen-bond donors (Lipinski definition) is 1. The molecule has 0 radical (unpaired) electrons. The number of carbonyl (C=O) groups is 1. The van der Waals surface area contributed by atoms with Gasteiger partial charge in [0.15, 0.2) is 0 Å². The molecule has 1 N–H and O–H groups in total. The lowest BCUT2D eigenvalue weighted by Gasteiger charge is -2.34. The van der Waals surface area contributed by atoms with E-state index < -0.39 is 4.92 Å². The minimum atomic E-state index is -0.474. The first-order chi connectivity index (χ1) is 11.4. The molecule has 0 amide bonds. The predicted octanol–water partition coefficient (Wildman–Crippen LogP) is 3.38. The second-order valence-electron chi connectivity index (χ2n) is 6.80. The molecule has 124 valence electrons. The highest BCUT2D eigenvalue weighted by Crippen LogP contribution is 2.43. The van der Waals surface area contributed by atoms with Gasteiger partial charge in [0.05, 0.1) is 4.92 Å². The van der Waals surface area contributed by atoms with Crippen LogP contribution in [0.15, 0.2) is 30.6 Å². The van der Waals surface area contributed by atoms with Crippen LogP contribution in [-0.2, 0) is 11.2 Å². The zero-order valence-corrected chi connectivity index (χ0v) is 13.5. The van der Waals surface area contributed by atoms with E-state index in [-0.39, 0.29) is 22.8 Å². The van der Waals surface area contributed by atoms with E-state index >= 15 is 0 Å². The number of aldehydes is 1. The van der Waals surface area contributed by atoms with Crippen LogP contribution in [0.1, 0.15) is 37.4 Å². The van der Waals surface area contributed by atoms with Crippen LogP contribution in [-0.4, -0.2) is 21.2 Å². The van der Waals surface area contributed by atoms with Crippen molar-refractivity contribution in [3.8, 4) is 0 Å². The van der Waals surface area contributed by atoms with Crippen molar-refractivity contribution >= 4 is 23.5 Å². The molecule has 2 aromatic rings. The number of nitro groups is 1. The lowest BCUT2D eigenvalue weighted by molar-refractivity contribution is -0.384. The van der Waals surface area contributed by atoms with Gasteiger partial charge in [0.25, 0.3) is 0 Å². The van der Waals surface area contributed by atoms with Crippen LogP contribution >= 0.6 is 0 Å². The minimum absolute atomic E-state index is 0.0738. The summed E-state index contributed by atoms with van der Waals surface area (Å²) in [5.41, 5.74) is 1.87. The van der Waals surface area contributed by atoms with Crippen molar-refractivity contribution in [2.45, 2.75) is 32.6 Å². The Morgan fingerprint density at radius 2 is 2.08 bits per heavy atom. The highest BCUT2D eigenvalue weighted by molar-refractivity contribution is 5.70. The Labute approximate surface area is 139 Å². The number of carbonyl (C=O) groups excluding carboxylic acids is 1. The maximum atomic E-state index is 11.4. The van der Waals surface area contributed by atoms with Gasteiger partial charge in [-0.1, -0.05) is 13.8 Å². The molecule has 3 rings (SSSR count). The maximum absolute atomic E-state index is 11.4. The SMILES string of the molecule is CC1(C)Cc2nc(Nc3ccncc3)c([N+](=O)[O-])cc2C(C=O)C1. The Bertz CT molecular complexity index is 790. The van der Waals surface area contributed by atoms with Gasteiger partial charge in [0.1, 0.15) is 6.29 Å². The smallest absolute Gasteiger partial charge is 0.312 e. The van der Waals surface area contributed by atoms with E-state index in [4.69, 9.17) is 0 Å². The summed E-state index contributed by atoms with van der Waals surface area (Å²) in [6.45, 7) is 4.15. The fourth-order valence-corrected chi connectivity index (χ4v) is 3.17. The van der Waals surface area contributed by atoms with Gasteiger partial charge >= 0.3 is 5.69 Å². The summed E-state index contributed by atoms with van der Waals surface area (Å²) in [6, 6.07) is 4.91. The van der Waals surface area contributed by atoms with E-state index in [1.807, 2.05) is 0 Å². The third kappa shape index (κ3) is 3.10. The predicted molar refractivity (Wildman–Crippen MR) is 89.3 cm³/mol. The van der Waals surface area contributed by atoms with Crippen molar-refractivity contribution in [3.63, 3.8) is 0 Å². The van der Waals surface area contributed by atoms with E-state index in [0.29, 0.717) is 24.1 Å². The summed E-state index contributed by atoms with van der Waals surface area (Å²) >= 11 is 0. The van der Waals surface area contributed by atoms with Gasteiger partial charge in [-0.2, -0.15) is 0 Å². The summed E-state index contributed by atoms with van der Waals surface area (Å²) in [6.07, 6.45) is 5.40. The molecule has 0 bridgehead atoms. The van der Waals surface area contributed by atoms with Crippen LogP contribution in [0.5, 0.6) is 0 Å². The highest BCUT2D eigenvalue weighted by atomic mass is 16.6. The summed E-state index contributed by atoms with van der Waals surface area (Å²) in [4.78, 5) is 30.8. The first-order valence-electron chi connectivity index (χ1n) is 7.70. The van der Waals surface area contributed by atoms with Crippen LogP contribution in [0, 0.1) is 15.5 Å². The first-order valence-corrected chi connectivity index (χ1v) is 7.70. The summed E-state index contributed by atoms with van der Waals surface area (Å²) < 4.78 is 0. The largest absolute Gasteiger partial charge is 0.334 e. The molecule has 0 saturated heterocycles. The van der Waals surface area contributed by atoms with Crippen molar-refractivity contribution in [2.75, 3.05) is 5.32 Å². The van der Waals surface area contributed by atoms with Gasteiger partial charge in [0, 0.05) is 35.8 Å². The van der Waals surface area contributed by atoms with Crippen LogP contribution in [0.25, 0.3) is 0 Å². The molecule has 2 heterocycles. The second-order valence-corrected chi connectivity index (χ2v) is 6.80. The quantitative estimate of drug-likeness (QED) is 0.525. The topological polar surface area (TPSA) is 98.0 Å². The van der Waals surface area contributed by atoms with Gasteiger partial charge < -0.3 is 10.1 Å². The number of nitrogens with zero attached hydrogens (tertiary/aromatic N) is 3. The number of hydrogen-bond acceptors (Lipinski definition) is 6. The van der Waals surface area contributed by atoms with Crippen LogP contribution in [0.4, 0.5) is 17.2 Å². The molecule has 0 spiro atoms. The maximum Gasteiger partial charge on any atom is 0.312 e. The Morgan fingerprint density at radius 3 is 2.71 bits per heavy atom. The summed E-state index contributed by atoms with van der Waals surface area (Å²) in [5, 5.41) is 14.4. The lowest BCUT2D eigenvalue weighted by Crippen LogP contribution is -2.27. The molecule has 7 heteroatoms. The number of anilines is 2. The van der Waals surface area contributed by atoms with Gasteiger partial charge in [-0.25, -0.2) is 4.98 Å². The van der Waals surface area contributed by atoms with Crippen molar-refractivity contribution in [2.24, 2.45) is 5.41 Å². The van der Waals surface area contributed by atoms with Crippen LogP contribution < -0.4 is 5.32 Å². The van der Waals surface area contributed by atoms with Crippen molar-refractivity contribution < 1.29 is 9.72 Å². The number of nitrogens with one attached hydrogen (secondary N) is 1. The molecular weight excluding hydrogens is 308 g/mol. The van der Waals surface area contributed by atoms with Crippen LogP contribution in [0.3, 0.4) is 0 Å². The van der Waals surface area contributed by atoms with Crippen molar-refractivity contribution in [3.05, 3.63) is 52.0 Å². The van der Waals surface area contributed by atoms with E-state index in [1.165, 1.54) is 6.07 Å². The van der Waals surface area contributed by atoms with Gasteiger partial charge in [-0.3, -0.25) is 15.1 Å². The van der Waals surface area contributed by atoms with Gasteiger partial charge in [0.2, 0.25) is 5.82 Å². The third-order valence-corrected chi connectivity index (χ3v) is 4.24. The number of aromatic nitrogens is 2. The van der Waals surface area contributed by atoms with Crippen molar-refractivity contribution in [1.82, 2.24) is 9.97 Å². The molecule has 1 aliphatic rings. The van der Waals surface area contributed by atoms with Gasteiger partial charge in [-0.15, -0.1) is 0 Å². The van der Waals surface area contributed by atoms with E-state index in [2.05, 4.69) is 29.1 Å². The first kappa shape index (κ1) is 16.0. The molecule has 0 aliphatic heterocycles. The molecule has 1 aliphatic carbocycles. The Morgan fingerprint density at radius 1 is 1.38 bits per heavy atom. The molecule has 0 saturated carbocycles. The molecule has 1 unspecified atom stereocenters. The Hall–Kier alpha value is -2.83. The monoisotopic (exact) mass is 326 g/mol. The average Bonchev–Trinajstić information content (AvgIpc) is 2.53. The molecule has 24 heavy (non-hydrogen) atoms. The minimum Gasteiger partial charge on any atom is -0.334 e. The second kappa shape index (κ2) is 5.99. The molecule has 7 nitrogen and oxygen atoms in total. The third-order valence-electron chi connectivity index (χ3n) is 4.24. The fraction of sp³-hybridized carbons (Fsp3) is 0.353. The molecule has 0 fully saturated rings. The zero-order chi connectivity index (χ0) is 17.3. The fourth-order valence-electron chi connectivity index (χ4n) is 3.17. The highest BCUT2D eigenvalue weighted by Gasteiger charge is 2.35. The summed E-state index contributed by atoms with van der Waals surface area (Å²) in [5.74, 6) is -0.169. The van der Waals surface area contributed by atoms with Crippen molar-refractivity contribution in [1.29, 1.82) is 0 Å². The standard InChI is InChI=1S/C17H18N4O3/c1-17(2)8-11(10-22)13-7-15(21(23)24)16(20-14(13)9-17)19-12-3-5-18-6-4-12/h3-7,10-11H,8-9H2,1-2H3,(H,18,19,20). The number of rotatable bonds is 4. The molecule has 2 aromatic heterocycles. The molecule has 0 aromatic carbocycles. The molecule has 1 atom stereocenters. The molecular formula is C17H18N4O3. The lowest BCUT2D eigenvalue weighted by atomic mass is 9.71. The number of pyridine rings is 2. The summed E-state index contributed by atoms with van der Waals surface area (Å²) in [7, 11) is 0. The zero-order valence-electron chi connectivity index (χ0n) is 13.5. The van der Waals surface area contributed by atoms with E-state index in [9.17, 15) is 14.9 Å². The van der Waals surface area contributed by atoms with Crippen LogP contribution in [0.2, 0.25) is 0 Å². The number of fused-ring (bicyclic) bond motifs is 1. The van der Waals surface area contributed by atoms with Gasteiger partial charge in [-0.05, 0) is 36.0 Å². The average molecular weight is 326 g/mol. The normalized spacial score (nSPS) is 18.5.